The maximum atomic E-state index is 12.4. The predicted molar refractivity (Wildman–Crippen MR) is 146 cm³/mol. The molecule has 1 amide bonds. The number of carbonyl (C=O) groups excluding carboxylic acids is 3. The van der Waals surface area contributed by atoms with Gasteiger partial charge in [0.05, 0.1) is 0 Å². The number of unbranched alkanes of at least 4 members (excludes halogenated alkanes) is 3. The molecule has 2 aromatic carbocycles. The highest BCUT2D eigenvalue weighted by molar-refractivity contribution is 6.20. The molecule has 0 bridgehead atoms. The van der Waals surface area contributed by atoms with Crippen LogP contribution in [0.25, 0.3) is 0 Å². The summed E-state index contributed by atoms with van der Waals surface area (Å²) in [5.41, 5.74) is 1.85. The molecule has 1 N–H and O–H groups in total. The number of ether oxygens (including phenoxy) is 1. The second-order valence-corrected chi connectivity index (χ2v) is 10.3. The quantitative estimate of drug-likeness (QED) is 0.106. The monoisotopic (exact) mass is 513 g/mol. The maximum Gasteiger partial charge on any atom is 0.315 e. The van der Waals surface area contributed by atoms with Gasteiger partial charge in [-0.25, -0.2) is 0 Å². The fraction of sp³-hybridized carbons (Fsp3) is 0.500. The van der Waals surface area contributed by atoms with Crippen molar-refractivity contribution in [3.8, 4) is 0 Å². The zero-order valence-electron chi connectivity index (χ0n) is 21.6. The molecule has 196 valence electrons. The first-order valence-corrected chi connectivity index (χ1v) is 13.5. The first-order chi connectivity index (χ1) is 17.3. The van der Waals surface area contributed by atoms with Gasteiger partial charge in [-0.2, -0.15) is 0 Å². The number of Topliss-reactive ketones (excluding diaryl/α,β-unsaturated/α-hetero) is 1. The molecule has 0 fully saturated rings. The van der Waals surface area contributed by atoms with E-state index in [1.165, 1.54) is 5.56 Å². The zero-order chi connectivity index (χ0) is 26.2. The topological polar surface area (TPSA) is 72.5 Å². The lowest BCUT2D eigenvalue weighted by atomic mass is 9.90. The Labute approximate surface area is 221 Å². The molecule has 2 aromatic rings. The predicted octanol–water partition coefficient (Wildman–Crippen LogP) is 7.12. The van der Waals surface area contributed by atoms with Crippen LogP contribution in [0.5, 0.6) is 0 Å². The smallest absolute Gasteiger partial charge is 0.315 e. The number of carbonyl (C=O) groups is 3. The molecule has 6 heteroatoms. The van der Waals surface area contributed by atoms with Crippen LogP contribution in [0.15, 0.2) is 60.7 Å². The Morgan fingerprint density at radius 2 is 1.44 bits per heavy atom. The minimum atomic E-state index is -0.513. The van der Waals surface area contributed by atoms with Crippen molar-refractivity contribution in [3.63, 3.8) is 0 Å². The first-order valence-electron chi connectivity index (χ1n) is 13.1. The lowest BCUT2D eigenvalue weighted by molar-refractivity contribution is -0.151. The van der Waals surface area contributed by atoms with Crippen LogP contribution in [-0.2, 0) is 25.5 Å². The van der Waals surface area contributed by atoms with Crippen molar-refractivity contribution >= 4 is 34.9 Å². The molecule has 0 heterocycles. The molecule has 5 nitrogen and oxygen atoms in total. The minimum absolute atomic E-state index is 0.000657. The van der Waals surface area contributed by atoms with Gasteiger partial charge in [0, 0.05) is 17.0 Å². The Balaban J connectivity index is 1.71. The molecule has 0 aliphatic carbocycles. The molecule has 0 saturated carbocycles. The van der Waals surface area contributed by atoms with E-state index in [0.29, 0.717) is 12.1 Å². The second kappa shape index (κ2) is 16.9. The highest BCUT2D eigenvalue weighted by Crippen LogP contribution is 2.20. The number of anilines is 1. The fourth-order valence-corrected chi connectivity index (χ4v) is 4.35. The number of hydrogen-bond donors (Lipinski definition) is 1. The molecule has 3 atom stereocenters. The molecule has 0 radical (unpaired) electrons. The van der Waals surface area contributed by atoms with Crippen molar-refractivity contribution in [2.24, 2.45) is 5.92 Å². The molecule has 0 spiro atoms. The maximum absolute atomic E-state index is 12.4. The van der Waals surface area contributed by atoms with E-state index in [9.17, 15) is 14.4 Å². The molecule has 36 heavy (non-hydrogen) atoms. The highest BCUT2D eigenvalue weighted by atomic mass is 35.5. The number of rotatable bonds is 17. The van der Waals surface area contributed by atoms with Crippen molar-refractivity contribution in [1.82, 2.24) is 0 Å². The highest BCUT2D eigenvalue weighted by Gasteiger charge is 2.19. The Hall–Kier alpha value is -2.66. The summed E-state index contributed by atoms with van der Waals surface area (Å²) in [6.07, 6.45) is 7.27. The summed E-state index contributed by atoms with van der Waals surface area (Å²) in [5.74, 6) is -0.585. The average molecular weight is 514 g/mol. The number of hydrogen-bond acceptors (Lipinski definition) is 4. The van der Waals surface area contributed by atoms with Gasteiger partial charge in [-0.3, -0.25) is 14.4 Å². The standard InChI is InChI=1S/C30H40ClNO4/c1-23(31)19-20-28(36-30(35)22-29(34)32-27-16-10-6-11-17-27)18-12-4-3-9-15-26(24(2)33)21-25-13-7-5-8-14-25/h5-8,10-11,13-14,16-17,23,26,28H,3-4,9,12,15,18-22H2,1-2H3,(H,32,34). The van der Waals surface area contributed by atoms with Gasteiger partial charge >= 0.3 is 5.97 Å². The van der Waals surface area contributed by atoms with Crippen LogP contribution in [0, 0.1) is 5.92 Å². The number of nitrogens with one attached hydrogen (secondary N) is 1. The van der Waals surface area contributed by atoms with Gasteiger partial charge in [-0.1, -0.05) is 67.8 Å². The SMILES string of the molecule is CC(=O)C(CCCCCCC(CCC(C)Cl)OC(=O)CC(=O)Nc1ccccc1)Cc1ccccc1. The molecule has 3 unspecified atom stereocenters. The van der Waals surface area contributed by atoms with E-state index < -0.39 is 5.97 Å². The van der Waals surface area contributed by atoms with E-state index in [1.54, 1.807) is 19.1 Å². The average Bonchev–Trinajstić information content (AvgIpc) is 2.84. The number of para-hydroxylation sites is 1. The first kappa shape index (κ1) is 29.6. The van der Waals surface area contributed by atoms with Crippen LogP contribution >= 0.6 is 11.6 Å². The lowest BCUT2D eigenvalue weighted by Gasteiger charge is -2.19. The Kier molecular flexibility index (Phi) is 13.9. The number of benzene rings is 2. The Morgan fingerprint density at radius 3 is 2.06 bits per heavy atom. The van der Waals surface area contributed by atoms with E-state index >= 15 is 0 Å². The molecule has 0 aromatic heterocycles. The molecule has 0 saturated heterocycles. The third-order valence-electron chi connectivity index (χ3n) is 6.28. The van der Waals surface area contributed by atoms with Crippen molar-refractivity contribution < 1.29 is 19.1 Å². The van der Waals surface area contributed by atoms with Gasteiger partial charge in [0.25, 0.3) is 0 Å². The largest absolute Gasteiger partial charge is 0.462 e. The third-order valence-corrected chi connectivity index (χ3v) is 6.49. The fourth-order valence-electron chi connectivity index (χ4n) is 4.23. The summed E-state index contributed by atoms with van der Waals surface area (Å²) in [6, 6.07) is 19.2. The molecular formula is C30H40ClNO4. The van der Waals surface area contributed by atoms with Crippen molar-refractivity contribution in [3.05, 3.63) is 66.2 Å². The van der Waals surface area contributed by atoms with Crippen LogP contribution in [0.4, 0.5) is 5.69 Å². The summed E-state index contributed by atoms with van der Waals surface area (Å²) in [6.45, 7) is 3.61. The second-order valence-electron chi connectivity index (χ2n) is 9.55. The summed E-state index contributed by atoms with van der Waals surface area (Å²) < 4.78 is 5.65. The van der Waals surface area contributed by atoms with Gasteiger partial charge in [0.1, 0.15) is 18.3 Å². The van der Waals surface area contributed by atoms with Gasteiger partial charge < -0.3 is 10.1 Å². The van der Waals surface area contributed by atoms with Crippen LogP contribution in [-0.4, -0.2) is 29.1 Å². The van der Waals surface area contributed by atoms with Crippen LogP contribution < -0.4 is 5.32 Å². The number of alkyl halides is 1. The number of amides is 1. The van der Waals surface area contributed by atoms with Gasteiger partial charge in [-0.15, -0.1) is 11.6 Å². The normalized spacial score (nSPS) is 13.4. The summed E-state index contributed by atoms with van der Waals surface area (Å²) in [5, 5.41) is 2.71. The van der Waals surface area contributed by atoms with Crippen molar-refractivity contribution in [2.45, 2.75) is 89.5 Å². The Morgan fingerprint density at radius 1 is 0.833 bits per heavy atom. The number of esters is 1. The summed E-state index contributed by atoms with van der Waals surface area (Å²) >= 11 is 6.12. The number of halogens is 1. The van der Waals surface area contributed by atoms with Crippen molar-refractivity contribution in [2.75, 3.05) is 5.32 Å². The molecule has 0 aliphatic heterocycles. The van der Waals surface area contributed by atoms with E-state index in [2.05, 4.69) is 17.4 Å². The zero-order valence-corrected chi connectivity index (χ0v) is 22.3. The number of ketones is 1. The van der Waals surface area contributed by atoms with E-state index in [-0.39, 0.29) is 35.5 Å². The van der Waals surface area contributed by atoms with E-state index in [0.717, 1.165) is 51.4 Å². The summed E-state index contributed by atoms with van der Waals surface area (Å²) in [7, 11) is 0. The molecular weight excluding hydrogens is 474 g/mol. The van der Waals surface area contributed by atoms with Crippen LogP contribution in [0.1, 0.15) is 77.2 Å². The van der Waals surface area contributed by atoms with Crippen molar-refractivity contribution in [1.29, 1.82) is 0 Å². The van der Waals surface area contributed by atoms with Gasteiger partial charge in [-0.05, 0) is 70.1 Å². The molecule has 0 aliphatic rings. The van der Waals surface area contributed by atoms with Gasteiger partial charge in [0.15, 0.2) is 0 Å². The third kappa shape index (κ3) is 12.9. The lowest BCUT2D eigenvalue weighted by Crippen LogP contribution is -2.23. The summed E-state index contributed by atoms with van der Waals surface area (Å²) in [4.78, 5) is 36.6. The van der Waals surface area contributed by atoms with Gasteiger partial charge in [0.2, 0.25) is 5.91 Å². The molecule has 2 rings (SSSR count). The van der Waals surface area contributed by atoms with E-state index in [1.807, 2.05) is 43.3 Å². The Bertz CT molecular complexity index is 917. The van der Waals surface area contributed by atoms with Crippen LogP contribution in [0.2, 0.25) is 0 Å². The minimum Gasteiger partial charge on any atom is -0.462 e. The van der Waals surface area contributed by atoms with Crippen LogP contribution in [0.3, 0.4) is 0 Å². The van der Waals surface area contributed by atoms with E-state index in [4.69, 9.17) is 16.3 Å².